The van der Waals surface area contributed by atoms with E-state index in [1.54, 1.807) is 0 Å². The van der Waals surface area contributed by atoms with E-state index >= 15 is 0 Å². The van der Waals surface area contributed by atoms with E-state index in [-0.39, 0.29) is 17.4 Å². The Morgan fingerprint density at radius 2 is 2.11 bits per heavy atom. The van der Waals surface area contributed by atoms with Crippen LogP contribution in [0.4, 0.5) is 5.69 Å². The molecular weight excluding hydrogens is 228 g/mol. The quantitative estimate of drug-likeness (QED) is 0.767. The topological polar surface area (TPSA) is 83.8 Å². The predicted octanol–water partition coefficient (Wildman–Crippen LogP) is 2.03. The molecule has 1 aromatic heterocycles. The lowest BCUT2D eigenvalue weighted by atomic mass is 9.88. The molecule has 0 aromatic carbocycles. The number of amides is 1. The van der Waals surface area contributed by atoms with Crippen molar-refractivity contribution < 1.29 is 4.79 Å². The smallest absolute Gasteiger partial charge is 0.274 e. The zero-order valence-corrected chi connectivity index (χ0v) is 11.5. The first kappa shape index (κ1) is 12.9. The minimum Gasteiger partial charge on any atom is -0.395 e. The normalized spacial score (nSPS) is 17.6. The fourth-order valence-electron chi connectivity index (χ4n) is 1.70. The Hall–Kier alpha value is -1.52. The third-order valence-electron chi connectivity index (χ3n) is 3.68. The van der Waals surface area contributed by atoms with Crippen molar-refractivity contribution in [2.45, 2.75) is 52.5 Å². The van der Waals surface area contributed by atoms with Crippen molar-refractivity contribution in [2.75, 3.05) is 5.73 Å². The van der Waals surface area contributed by atoms with Crippen molar-refractivity contribution in [2.24, 2.45) is 5.41 Å². The number of nitrogens with one attached hydrogen (secondary N) is 2. The summed E-state index contributed by atoms with van der Waals surface area (Å²) in [5.41, 5.74) is 7.75. The molecule has 1 aliphatic rings. The van der Waals surface area contributed by atoms with Crippen LogP contribution in [0.3, 0.4) is 0 Å². The minimum atomic E-state index is -0.196. The third kappa shape index (κ3) is 2.49. The first-order chi connectivity index (χ1) is 8.30. The van der Waals surface area contributed by atoms with Crippen LogP contribution in [0.2, 0.25) is 0 Å². The number of rotatable bonds is 3. The number of aromatic amines is 1. The van der Waals surface area contributed by atoms with Crippen LogP contribution in [-0.2, 0) is 0 Å². The lowest BCUT2D eigenvalue weighted by Crippen LogP contribution is -2.41. The average molecular weight is 250 g/mol. The number of carbonyl (C=O) groups excluding carboxylic acids is 1. The Bertz CT molecular complexity index is 454. The number of aromatic nitrogens is 2. The molecule has 1 aromatic rings. The molecule has 1 heterocycles. The van der Waals surface area contributed by atoms with Gasteiger partial charge in [0, 0.05) is 12.0 Å². The summed E-state index contributed by atoms with van der Waals surface area (Å²) >= 11 is 0. The molecule has 5 nitrogen and oxygen atoms in total. The van der Waals surface area contributed by atoms with E-state index in [1.165, 1.54) is 0 Å². The van der Waals surface area contributed by atoms with E-state index < -0.39 is 0 Å². The maximum absolute atomic E-state index is 12.1. The Morgan fingerprint density at radius 1 is 1.50 bits per heavy atom. The molecule has 5 heteroatoms. The van der Waals surface area contributed by atoms with E-state index in [9.17, 15) is 4.79 Å². The molecule has 0 aliphatic heterocycles. The summed E-state index contributed by atoms with van der Waals surface area (Å²) in [5.74, 6) is 0.275. The zero-order chi connectivity index (χ0) is 13.5. The largest absolute Gasteiger partial charge is 0.395 e. The first-order valence-corrected chi connectivity index (χ1v) is 6.45. The van der Waals surface area contributed by atoms with E-state index in [1.807, 2.05) is 6.92 Å². The summed E-state index contributed by atoms with van der Waals surface area (Å²) in [7, 11) is 0. The second kappa shape index (κ2) is 4.30. The highest BCUT2D eigenvalue weighted by Crippen LogP contribution is 2.42. The third-order valence-corrected chi connectivity index (χ3v) is 3.68. The Labute approximate surface area is 108 Å². The van der Waals surface area contributed by atoms with Gasteiger partial charge in [0.25, 0.3) is 5.91 Å². The van der Waals surface area contributed by atoms with Crippen LogP contribution in [0.25, 0.3) is 0 Å². The van der Waals surface area contributed by atoms with Crippen molar-refractivity contribution >= 4 is 11.6 Å². The van der Waals surface area contributed by atoms with Crippen molar-refractivity contribution in [1.29, 1.82) is 0 Å². The summed E-state index contributed by atoms with van der Waals surface area (Å²) in [6.45, 7) is 8.24. The van der Waals surface area contributed by atoms with Gasteiger partial charge in [-0.05, 0) is 25.2 Å². The van der Waals surface area contributed by atoms with Crippen LogP contribution in [0.1, 0.15) is 62.6 Å². The molecular formula is C13H22N4O. The van der Waals surface area contributed by atoms with Gasteiger partial charge in [-0.25, -0.2) is 0 Å². The summed E-state index contributed by atoms with van der Waals surface area (Å²) < 4.78 is 0. The molecule has 0 spiro atoms. The molecule has 1 saturated carbocycles. The Kier molecular flexibility index (Phi) is 3.09. The van der Waals surface area contributed by atoms with Crippen LogP contribution in [0.5, 0.6) is 0 Å². The fraction of sp³-hybridized carbons (Fsp3) is 0.692. The van der Waals surface area contributed by atoms with E-state index in [0.29, 0.717) is 17.3 Å². The van der Waals surface area contributed by atoms with Crippen LogP contribution < -0.4 is 11.1 Å². The summed E-state index contributed by atoms with van der Waals surface area (Å²) in [6, 6.07) is 0.0606. The van der Waals surface area contributed by atoms with Gasteiger partial charge in [0.1, 0.15) is 0 Å². The number of hydrogen-bond donors (Lipinski definition) is 3. The average Bonchev–Trinajstić information content (AvgIpc) is 3.01. The maximum atomic E-state index is 12.1. The fourth-order valence-corrected chi connectivity index (χ4v) is 1.70. The van der Waals surface area contributed by atoms with Crippen molar-refractivity contribution in [1.82, 2.24) is 15.5 Å². The number of anilines is 1. The number of hydrogen-bond acceptors (Lipinski definition) is 3. The number of nitrogen functional groups attached to an aromatic ring is 1. The molecule has 1 aliphatic carbocycles. The summed E-state index contributed by atoms with van der Waals surface area (Å²) in [5, 5.41) is 9.89. The second-order valence-electron chi connectivity index (χ2n) is 6.24. The standard InChI is InChI=1S/C13H22N4O/c1-7(13(2,3)4)15-12(18)11-9(14)10(16-17-11)8-5-6-8/h7-8H,5-6,14H2,1-4H3,(H,15,18)(H,16,17). The summed E-state index contributed by atoms with van der Waals surface area (Å²) in [6.07, 6.45) is 2.26. The molecule has 0 bridgehead atoms. The van der Waals surface area contributed by atoms with Crippen molar-refractivity contribution in [3.05, 3.63) is 11.4 Å². The van der Waals surface area contributed by atoms with Gasteiger partial charge in [-0.3, -0.25) is 9.89 Å². The molecule has 1 unspecified atom stereocenters. The number of H-pyrrole nitrogens is 1. The van der Waals surface area contributed by atoms with Crippen LogP contribution >= 0.6 is 0 Å². The number of nitrogens with zero attached hydrogens (tertiary/aromatic N) is 1. The molecule has 2 rings (SSSR count). The van der Waals surface area contributed by atoms with Crippen molar-refractivity contribution in [3.63, 3.8) is 0 Å². The molecule has 4 N–H and O–H groups in total. The monoisotopic (exact) mass is 250 g/mol. The van der Waals surface area contributed by atoms with Crippen LogP contribution in [-0.4, -0.2) is 22.1 Å². The minimum absolute atomic E-state index is 0.0139. The molecule has 1 atom stereocenters. The molecule has 0 radical (unpaired) electrons. The maximum Gasteiger partial charge on any atom is 0.274 e. The SMILES string of the molecule is CC(NC(=O)c1n[nH]c(C2CC2)c1N)C(C)(C)C. The second-order valence-corrected chi connectivity index (χ2v) is 6.24. The summed E-state index contributed by atoms with van der Waals surface area (Å²) in [4.78, 5) is 12.1. The van der Waals surface area contributed by atoms with Gasteiger partial charge < -0.3 is 11.1 Å². The number of carbonyl (C=O) groups is 1. The molecule has 1 amide bonds. The number of nitrogens with two attached hydrogens (primary N) is 1. The first-order valence-electron chi connectivity index (χ1n) is 6.45. The highest BCUT2D eigenvalue weighted by molar-refractivity contribution is 5.97. The van der Waals surface area contributed by atoms with Gasteiger partial charge in [0.05, 0.1) is 11.4 Å². The van der Waals surface area contributed by atoms with Gasteiger partial charge in [0.15, 0.2) is 5.69 Å². The van der Waals surface area contributed by atoms with Gasteiger partial charge in [-0.15, -0.1) is 0 Å². The van der Waals surface area contributed by atoms with E-state index in [4.69, 9.17) is 5.73 Å². The van der Waals surface area contributed by atoms with Crippen molar-refractivity contribution in [3.8, 4) is 0 Å². The van der Waals surface area contributed by atoms with Crippen LogP contribution in [0.15, 0.2) is 0 Å². The molecule has 100 valence electrons. The van der Waals surface area contributed by atoms with Gasteiger partial charge >= 0.3 is 0 Å². The van der Waals surface area contributed by atoms with Gasteiger partial charge in [-0.1, -0.05) is 20.8 Å². The highest BCUT2D eigenvalue weighted by Gasteiger charge is 2.31. The molecule has 0 saturated heterocycles. The van der Waals surface area contributed by atoms with E-state index in [0.717, 1.165) is 18.5 Å². The molecule has 18 heavy (non-hydrogen) atoms. The molecule has 1 fully saturated rings. The Balaban J connectivity index is 2.09. The van der Waals surface area contributed by atoms with E-state index in [2.05, 4.69) is 36.3 Å². The predicted molar refractivity (Wildman–Crippen MR) is 71.4 cm³/mol. The van der Waals surface area contributed by atoms with Gasteiger partial charge in [0.2, 0.25) is 0 Å². The zero-order valence-electron chi connectivity index (χ0n) is 11.5. The van der Waals surface area contributed by atoms with Crippen LogP contribution in [0, 0.1) is 5.41 Å². The Morgan fingerprint density at radius 3 is 2.61 bits per heavy atom. The highest BCUT2D eigenvalue weighted by atomic mass is 16.2. The lowest BCUT2D eigenvalue weighted by molar-refractivity contribution is 0.0906. The van der Waals surface area contributed by atoms with Gasteiger partial charge in [-0.2, -0.15) is 5.10 Å². The lowest BCUT2D eigenvalue weighted by Gasteiger charge is -2.27.